The molecule has 0 bridgehead atoms. The number of rotatable bonds is 8. The van der Waals surface area contributed by atoms with E-state index in [4.69, 9.17) is 0 Å². The monoisotopic (exact) mass is 482 g/mol. The van der Waals surface area contributed by atoms with Crippen LogP contribution in [0.4, 0.5) is 13.2 Å². The first-order valence-electron chi connectivity index (χ1n) is 8.94. The zero-order valence-electron chi connectivity index (χ0n) is 16.2. The Balaban J connectivity index is 1.45. The minimum atomic E-state index is -4.49. The smallest absolute Gasteiger partial charge is 0.272 e. The van der Waals surface area contributed by atoms with Crippen LogP contribution in [0.5, 0.6) is 0 Å². The molecule has 2 aromatic carbocycles. The number of thioether (sulfide) groups is 2. The van der Waals surface area contributed by atoms with Crippen molar-refractivity contribution in [2.24, 2.45) is 5.10 Å². The van der Waals surface area contributed by atoms with Gasteiger partial charge in [0, 0.05) is 11.3 Å². The summed E-state index contributed by atoms with van der Waals surface area (Å²) < 4.78 is 40.3. The fourth-order valence-electron chi connectivity index (χ4n) is 2.34. The highest BCUT2D eigenvalue weighted by atomic mass is 32.2. The molecule has 1 N–H and O–H groups in total. The van der Waals surface area contributed by atoms with E-state index in [1.807, 2.05) is 6.92 Å². The van der Waals surface area contributed by atoms with Crippen LogP contribution in [-0.4, -0.2) is 28.1 Å². The highest BCUT2D eigenvalue weighted by molar-refractivity contribution is 8.03. The van der Waals surface area contributed by atoms with Crippen molar-refractivity contribution in [1.82, 2.24) is 15.6 Å². The first-order valence-corrected chi connectivity index (χ1v) is 11.7. The first kappa shape index (κ1) is 23.3. The summed E-state index contributed by atoms with van der Waals surface area (Å²) in [6.45, 7) is 2.04. The minimum Gasteiger partial charge on any atom is -0.272 e. The van der Waals surface area contributed by atoms with Crippen LogP contribution in [0.3, 0.4) is 0 Å². The van der Waals surface area contributed by atoms with E-state index < -0.39 is 17.6 Å². The Labute approximate surface area is 189 Å². The quantitative estimate of drug-likeness (QED) is 0.265. The molecule has 0 atom stereocenters. The molecule has 0 aliphatic heterocycles. The van der Waals surface area contributed by atoms with Crippen LogP contribution in [0.2, 0.25) is 0 Å². The van der Waals surface area contributed by atoms with Crippen LogP contribution >= 0.6 is 34.9 Å². The van der Waals surface area contributed by atoms with E-state index in [1.165, 1.54) is 52.4 Å². The number of carbonyl (C=O) groups excluding carboxylic acids is 1. The summed E-state index contributed by atoms with van der Waals surface area (Å²) in [5.74, 6) is 0.346. The number of carbonyl (C=O) groups is 1. The SMILES string of the molecule is Cc1ccc(CSc2nnc(SCC(=O)N/N=C\c3ccccc3C(F)(F)F)s2)cc1. The number of alkyl halides is 3. The van der Waals surface area contributed by atoms with Crippen molar-refractivity contribution < 1.29 is 18.0 Å². The molecule has 5 nitrogen and oxygen atoms in total. The second-order valence-electron chi connectivity index (χ2n) is 6.28. The van der Waals surface area contributed by atoms with Gasteiger partial charge >= 0.3 is 6.18 Å². The molecule has 0 aliphatic carbocycles. The molecule has 3 aromatic rings. The number of nitrogens with zero attached hydrogens (tertiary/aromatic N) is 3. The van der Waals surface area contributed by atoms with Crippen molar-refractivity contribution in [2.45, 2.75) is 27.5 Å². The molecule has 0 saturated carbocycles. The average Bonchev–Trinajstić information content (AvgIpc) is 3.19. The zero-order valence-corrected chi connectivity index (χ0v) is 18.7. The molecule has 0 fully saturated rings. The van der Waals surface area contributed by atoms with Gasteiger partial charge in [0.25, 0.3) is 5.91 Å². The molecule has 0 unspecified atom stereocenters. The molecule has 3 rings (SSSR count). The van der Waals surface area contributed by atoms with E-state index in [0.717, 1.165) is 22.4 Å². The maximum Gasteiger partial charge on any atom is 0.417 e. The van der Waals surface area contributed by atoms with Gasteiger partial charge in [-0.15, -0.1) is 10.2 Å². The van der Waals surface area contributed by atoms with Gasteiger partial charge in [-0.05, 0) is 18.6 Å². The highest BCUT2D eigenvalue weighted by Crippen LogP contribution is 2.31. The number of aromatic nitrogens is 2. The predicted molar refractivity (Wildman–Crippen MR) is 119 cm³/mol. The van der Waals surface area contributed by atoms with Gasteiger partial charge in [-0.2, -0.15) is 18.3 Å². The van der Waals surface area contributed by atoms with E-state index in [-0.39, 0.29) is 11.3 Å². The van der Waals surface area contributed by atoms with E-state index >= 15 is 0 Å². The number of aryl methyl sites for hydroxylation is 1. The normalized spacial score (nSPS) is 11.7. The van der Waals surface area contributed by atoms with E-state index in [2.05, 4.69) is 45.0 Å². The Morgan fingerprint density at radius 2 is 1.77 bits per heavy atom. The summed E-state index contributed by atoms with van der Waals surface area (Å²) in [7, 11) is 0. The van der Waals surface area contributed by atoms with Gasteiger partial charge in [-0.1, -0.05) is 82.9 Å². The molecule has 11 heteroatoms. The van der Waals surface area contributed by atoms with Crippen LogP contribution in [0.25, 0.3) is 0 Å². The van der Waals surface area contributed by atoms with Crippen LogP contribution in [0.1, 0.15) is 22.3 Å². The average molecular weight is 483 g/mol. The molecule has 1 aromatic heterocycles. The van der Waals surface area contributed by atoms with Gasteiger partial charge in [-0.25, -0.2) is 5.43 Å². The summed E-state index contributed by atoms with van der Waals surface area (Å²) in [5.41, 5.74) is 3.68. The summed E-state index contributed by atoms with van der Waals surface area (Å²) in [6, 6.07) is 13.3. The lowest BCUT2D eigenvalue weighted by Gasteiger charge is -2.09. The van der Waals surface area contributed by atoms with Gasteiger partial charge in [0.05, 0.1) is 17.5 Å². The summed E-state index contributed by atoms with van der Waals surface area (Å²) in [6.07, 6.45) is -3.51. The van der Waals surface area contributed by atoms with E-state index in [0.29, 0.717) is 4.34 Å². The lowest BCUT2D eigenvalue weighted by atomic mass is 10.1. The van der Waals surface area contributed by atoms with Crippen molar-refractivity contribution in [2.75, 3.05) is 5.75 Å². The van der Waals surface area contributed by atoms with Gasteiger partial charge in [0.15, 0.2) is 8.68 Å². The fourth-order valence-corrected chi connectivity index (χ4v) is 5.11. The summed E-state index contributed by atoms with van der Waals surface area (Å²) in [4.78, 5) is 11.9. The Morgan fingerprint density at radius 3 is 2.48 bits per heavy atom. The molecule has 0 radical (unpaired) electrons. The molecule has 31 heavy (non-hydrogen) atoms. The van der Waals surface area contributed by atoms with Crippen molar-refractivity contribution in [3.05, 3.63) is 70.8 Å². The molecule has 1 heterocycles. The second-order valence-corrected chi connectivity index (χ2v) is 9.70. The van der Waals surface area contributed by atoms with Crippen molar-refractivity contribution in [3.8, 4) is 0 Å². The third-order valence-electron chi connectivity index (χ3n) is 3.86. The van der Waals surface area contributed by atoms with Gasteiger partial charge < -0.3 is 0 Å². The maximum absolute atomic E-state index is 12.9. The standard InChI is InChI=1S/C20H17F3N4OS3/c1-13-6-8-14(9-7-13)11-29-18-26-27-19(31-18)30-12-17(28)25-24-10-15-4-2-3-5-16(15)20(21,22)23/h2-10H,11-12H2,1H3,(H,25,28)/b24-10-. The molecule has 0 spiro atoms. The van der Waals surface area contributed by atoms with Crippen molar-refractivity contribution in [1.29, 1.82) is 0 Å². The van der Waals surface area contributed by atoms with Crippen LogP contribution in [0.15, 0.2) is 62.3 Å². The molecular weight excluding hydrogens is 465 g/mol. The van der Waals surface area contributed by atoms with Crippen LogP contribution < -0.4 is 5.43 Å². The predicted octanol–water partition coefficient (Wildman–Crippen LogP) is 5.40. The lowest BCUT2D eigenvalue weighted by Crippen LogP contribution is -2.20. The van der Waals surface area contributed by atoms with Gasteiger partial charge in [-0.3, -0.25) is 4.79 Å². The fraction of sp³-hybridized carbons (Fsp3) is 0.200. The number of halogens is 3. The molecule has 0 aliphatic rings. The third kappa shape index (κ3) is 7.37. The van der Waals surface area contributed by atoms with Crippen LogP contribution in [-0.2, 0) is 16.7 Å². The Morgan fingerprint density at radius 1 is 1.10 bits per heavy atom. The van der Waals surface area contributed by atoms with Gasteiger partial charge in [0.2, 0.25) is 0 Å². The zero-order chi connectivity index (χ0) is 22.3. The largest absolute Gasteiger partial charge is 0.417 e. The van der Waals surface area contributed by atoms with Crippen molar-refractivity contribution in [3.63, 3.8) is 0 Å². The van der Waals surface area contributed by atoms with Gasteiger partial charge in [0.1, 0.15) is 0 Å². The Bertz CT molecular complexity index is 1050. The van der Waals surface area contributed by atoms with Crippen molar-refractivity contribution >= 4 is 47.0 Å². The third-order valence-corrected chi connectivity index (χ3v) is 7.12. The Hall–Kier alpha value is -2.37. The number of benzene rings is 2. The lowest BCUT2D eigenvalue weighted by molar-refractivity contribution is -0.137. The Kier molecular flexibility index (Phi) is 8.10. The topological polar surface area (TPSA) is 67.2 Å². The van der Waals surface area contributed by atoms with Crippen LogP contribution in [0, 0.1) is 6.92 Å². The molecular formula is C20H17F3N4OS3. The summed E-state index contributed by atoms with van der Waals surface area (Å²) in [5, 5.41) is 11.8. The number of hydrogen-bond donors (Lipinski definition) is 1. The first-order chi connectivity index (χ1) is 14.8. The number of hydrazone groups is 1. The number of amides is 1. The maximum atomic E-state index is 12.9. The van der Waals surface area contributed by atoms with E-state index in [1.54, 1.807) is 11.8 Å². The van der Waals surface area contributed by atoms with E-state index in [9.17, 15) is 18.0 Å². The molecule has 162 valence electrons. The number of nitrogens with one attached hydrogen (secondary N) is 1. The minimum absolute atomic E-state index is 0.0233. The number of hydrogen-bond acceptors (Lipinski definition) is 7. The molecule has 0 saturated heterocycles. The second kappa shape index (κ2) is 10.8. The summed E-state index contributed by atoms with van der Waals surface area (Å²) >= 11 is 4.14. The molecule has 1 amide bonds. The highest BCUT2D eigenvalue weighted by Gasteiger charge is 2.32.